The monoisotopic (exact) mass is 217 g/mol. The molecule has 0 aliphatic heterocycles. The normalized spacial score (nSPS) is 10.1. The predicted octanol–water partition coefficient (Wildman–Crippen LogP) is 2.48. The van der Waals surface area contributed by atoms with Crippen molar-refractivity contribution in [2.24, 2.45) is 0 Å². The summed E-state index contributed by atoms with van der Waals surface area (Å²) in [5.41, 5.74) is 0.923. The largest absolute Gasteiger partial charge is 0.478 e. The van der Waals surface area contributed by atoms with Crippen molar-refractivity contribution < 1.29 is 9.13 Å². The molecule has 0 unspecified atom stereocenters. The molecule has 3 nitrogen and oxygen atoms in total. The Kier molecular flexibility index (Phi) is 3.10. The van der Waals surface area contributed by atoms with Gasteiger partial charge in [-0.1, -0.05) is 0 Å². The Labute approximate surface area is 92.9 Å². The number of aromatic nitrogens is 2. The van der Waals surface area contributed by atoms with Gasteiger partial charge in [-0.2, -0.15) is 0 Å². The summed E-state index contributed by atoms with van der Waals surface area (Å²) in [6.07, 6.45) is 3.00. The quantitative estimate of drug-likeness (QED) is 0.792. The van der Waals surface area contributed by atoms with E-state index in [1.165, 1.54) is 12.3 Å². The van der Waals surface area contributed by atoms with E-state index < -0.39 is 5.82 Å². The molecule has 0 aromatic carbocycles. The first-order valence-corrected chi connectivity index (χ1v) is 4.92. The number of pyridine rings is 2. The first-order valence-electron chi connectivity index (χ1n) is 4.92. The molecule has 0 saturated carbocycles. The van der Waals surface area contributed by atoms with Crippen LogP contribution in [-0.4, -0.2) is 16.6 Å². The maximum Gasteiger partial charge on any atom is 0.213 e. The van der Waals surface area contributed by atoms with E-state index in [9.17, 15) is 4.39 Å². The summed E-state index contributed by atoms with van der Waals surface area (Å²) in [6.45, 7) is 2.39. The van der Waals surface area contributed by atoms with Crippen LogP contribution < -0.4 is 4.74 Å². The van der Waals surface area contributed by atoms with E-state index >= 15 is 0 Å². The molecule has 16 heavy (non-hydrogen) atoms. The van der Waals surface area contributed by atoms with E-state index in [1.54, 1.807) is 18.3 Å². The summed E-state index contributed by atoms with van der Waals surface area (Å²) in [7, 11) is 0. The minimum absolute atomic E-state index is 0.280. The summed E-state index contributed by atoms with van der Waals surface area (Å²) in [5.74, 6) is 0.0604. The van der Waals surface area contributed by atoms with Gasteiger partial charge in [-0.15, -0.1) is 0 Å². The summed E-state index contributed by atoms with van der Waals surface area (Å²) in [5, 5.41) is 0. The molecule has 0 aliphatic rings. The summed E-state index contributed by atoms with van der Waals surface area (Å²) in [4.78, 5) is 7.94. The van der Waals surface area contributed by atoms with Gasteiger partial charge < -0.3 is 4.74 Å². The van der Waals surface area contributed by atoms with Crippen LogP contribution in [0, 0.1) is 11.9 Å². The SMILES string of the molecule is CCOc1cc(-c2nc[c]cc2F)ccn1. The minimum atomic E-state index is -0.406. The van der Waals surface area contributed by atoms with Crippen LogP contribution in [0.3, 0.4) is 0 Å². The van der Waals surface area contributed by atoms with Gasteiger partial charge in [0, 0.05) is 30.1 Å². The molecule has 2 heterocycles. The number of rotatable bonds is 3. The average Bonchev–Trinajstić information content (AvgIpc) is 2.30. The van der Waals surface area contributed by atoms with E-state index in [0.29, 0.717) is 18.1 Å². The van der Waals surface area contributed by atoms with Gasteiger partial charge in [0.1, 0.15) is 11.5 Å². The number of halogens is 1. The molecule has 0 saturated heterocycles. The first-order chi connectivity index (χ1) is 7.81. The summed E-state index contributed by atoms with van der Waals surface area (Å²) in [6, 6.07) is 7.18. The molecular formula is C12H10FN2O. The Balaban J connectivity index is 2.40. The van der Waals surface area contributed by atoms with Crippen molar-refractivity contribution in [3.8, 4) is 17.1 Å². The number of ether oxygens (including phenoxy) is 1. The smallest absolute Gasteiger partial charge is 0.213 e. The molecule has 0 atom stereocenters. The lowest BCUT2D eigenvalue weighted by molar-refractivity contribution is 0.327. The molecule has 2 aromatic heterocycles. The molecular weight excluding hydrogens is 207 g/mol. The van der Waals surface area contributed by atoms with Crippen molar-refractivity contribution >= 4 is 0 Å². The zero-order valence-corrected chi connectivity index (χ0v) is 8.77. The second-order valence-electron chi connectivity index (χ2n) is 3.08. The molecule has 1 radical (unpaired) electrons. The highest BCUT2D eigenvalue weighted by Crippen LogP contribution is 2.22. The zero-order chi connectivity index (χ0) is 11.4. The van der Waals surface area contributed by atoms with Crippen LogP contribution in [0.25, 0.3) is 11.3 Å². The first kappa shape index (κ1) is 10.5. The van der Waals surface area contributed by atoms with Crippen LogP contribution in [0.4, 0.5) is 4.39 Å². The lowest BCUT2D eigenvalue weighted by atomic mass is 10.2. The lowest BCUT2D eigenvalue weighted by Crippen LogP contribution is -1.95. The van der Waals surface area contributed by atoms with Gasteiger partial charge in [-0.3, -0.25) is 4.98 Å². The van der Waals surface area contributed by atoms with Crippen LogP contribution in [-0.2, 0) is 0 Å². The third kappa shape index (κ3) is 2.16. The number of nitrogens with zero attached hydrogens (tertiary/aromatic N) is 2. The summed E-state index contributed by atoms with van der Waals surface area (Å²) < 4.78 is 18.7. The van der Waals surface area contributed by atoms with Gasteiger partial charge in [0.05, 0.1) is 6.61 Å². The molecule has 0 bridgehead atoms. The van der Waals surface area contributed by atoms with Crippen molar-refractivity contribution in [1.29, 1.82) is 0 Å². The van der Waals surface area contributed by atoms with Gasteiger partial charge in [-0.25, -0.2) is 9.37 Å². The Morgan fingerprint density at radius 1 is 1.44 bits per heavy atom. The highest BCUT2D eigenvalue weighted by Gasteiger charge is 2.07. The van der Waals surface area contributed by atoms with Crippen LogP contribution in [0.5, 0.6) is 5.88 Å². The molecule has 4 heteroatoms. The van der Waals surface area contributed by atoms with Gasteiger partial charge in [0.2, 0.25) is 5.88 Å². The van der Waals surface area contributed by atoms with Crippen LogP contribution in [0.2, 0.25) is 0 Å². The maximum atomic E-state index is 13.4. The Morgan fingerprint density at radius 3 is 3.06 bits per heavy atom. The Hall–Kier alpha value is -1.97. The van der Waals surface area contributed by atoms with Gasteiger partial charge >= 0.3 is 0 Å². The standard InChI is InChI=1S/C12H10FN2O/c1-2-16-11-8-9(5-7-14-11)12-10(13)4-3-6-15-12/h4-8H,2H2,1H3. The second kappa shape index (κ2) is 4.70. The van der Waals surface area contributed by atoms with E-state index in [0.717, 1.165) is 0 Å². The van der Waals surface area contributed by atoms with E-state index in [2.05, 4.69) is 16.0 Å². The van der Waals surface area contributed by atoms with Crippen LogP contribution in [0.15, 0.2) is 30.6 Å². The lowest BCUT2D eigenvalue weighted by Gasteiger charge is -2.04. The van der Waals surface area contributed by atoms with Crippen molar-refractivity contribution in [3.63, 3.8) is 0 Å². The molecule has 0 aliphatic carbocycles. The topological polar surface area (TPSA) is 35.0 Å². The Bertz CT molecular complexity index is 488. The van der Waals surface area contributed by atoms with Crippen LogP contribution >= 0.6 is 0 Å². The molecule has 2 aromatic rings. The molecule has 0 N–H and O–H groups in total. The zero-order valence-electron chi connectivity index (χ0n) is 8.77. The highest BCUT2D eigenvalue weighted by molar-refractivity contribution is 5.60. The molecule has 0 fully saturated rings. The van der Waals surface area contributed by atoms with Crippen molar-refractivity contribution in [2.75, 3.05) is 6.61 Å². The maximum absolute atomic E-state index is 13.4. The van der Waals surface area contributed by atoms with Crippen molar-refractivity contribution in [1.82, 2.24) is 9.97 Å². The predicted molar refractivity (Wildman–Crippen MR) is 57.4 cm³/mol. The number of hydrogen-bond donors (Lipinski definition) is 0. The third-order valence-corrected chi connectivity index (χ3v) is 2.00. The fraction of sp³-hybridized carbons (Fsp3) is 0.167. The van der Waals surface area contributed by atoms with Gasteiger partial charge in [-0.05, 0) is 19.1 Å². The number of hydrogen-bond acceptors (Lipinski definition) is 3. The summed E-state index contributed by atoms with van der Waals surface area (Å²) >= 11 is 0. The molecule has 81 valence electrons. The van der Waals surface area contributed by atoms with Crippen LogP contribution in [0.1, 0.15) is 6.92 Å². The molecule has 2 rings (SSSR count). The van der Waals surface area contributed by atoms with Crippen molar-refractivity contribution in [3.05, 3.63) is 42.5 Å². The fourth-order valence-corrected chi connectivity index (χ4v) is 1.34. The second-order valence-corrected chi connectivity index (χ2v) is 3.08. The molecule has 0 spiro atoms. The molecule has 0 amide bonds. The van der Waals surface area contributed by atoms with Gasteiger partial charge in [0.25, 0.3) is 0 Å². The highest BCUT2D eigenvalue weighted by atomic mass is 19.1. The van der Waals surface area contributed by atoms with E-state index in [1.807, 2.05) is 6.92 Å². The van der Waals surface area contributed by atoms with E-state index in [-0.39, 0.29) is 5.69 Å². The fourth-order valence-electron chi connectivity index (χ4n) is 1.34. The van der Waals surface area contributed by atoms with Gasteiger partial charge in [0.15, 0.2) is 0 Å². The Morgan fingerprint density at radius 2 is 2.31 bits per heavy atom. The average molecular weight is 217 g/mol. The third-order valence-electron chi connectivity index (χ3n) is 2.00. The minimum Gasteiger partial charge on any atom is -0.478 e. The van der Waals surface area contributed by atoms with Crippen molar-refractivity contribution in [2.45, 2.75) is 6.92 Å². The van der Waals surface area contributed by atoms with E-state index in [4.69, 9.17) is 4.74 Å².